The number of halogens is 1. The zero-order chi connectivity index (χ0) is 24.8. The van der Waals surface area contributed by atoms with Gasteiger partial charge in [0.05, 0.1) is 7.11 Å². The van der Waals surface area contributed by atoms with Crippen LogP contribution in [-0.4, -0.2) is 33.3 Å². The van der Waals surface area contributed by atoms with E-state index < -0.39 is 5.25 Å². The van der Waals surface area contributed by atoms with E-state index in [0.29, 0.717) is 34.1 Å². The normalized spacial score (nSPS) is 11.7. The molecule has 0 unspecified atom stereocenters. The molecule has 0 aliphatic carbocycles. The van der Waals surface area contributed by atoms with Crippen LogP contribution in [0.3, 0.4) is 0 Å². The lowest BCUT2D eigenvalue weighted by Crippen LogP contribution is -2.11. The summed E-state index contributed by atoms with van der Waals surface area (Å²) in [6.45, 7) is 1.91. The highest BCUT2D eigenvalue weighted by atomic mass is 35.5. The van der Waals surface area contributed by atoms with Gasteiger partial charge >= 0.3 is 0 Å². The molecule has 0 spiro atoms. The molecule has 0 aliphatic rings. The third kappa shape index (κ3) is 6.12. The van der Waals surface area contributed by atoms with Gasteiger partial charge in [-0.3, -0.25) is 14.7 Å². The Hall–Kier alpha value is -3.56. The van der Waals surface area contributed by atoms with E-state index in [4.69, 9.17) is 21.1 Å². The summed E-state index contributed by atoms with van der Waals surface area (Å²) in [5, 5.41) is 20.6. The predicted molar refractivity (Wildman–Crippen MR) is 135 cm³/mol. The van der Waals surface area contributed by atoms with Gasteiger partial charge in [0.1, 0.15) is 17.7 Å². The van der Waals surface area contributed by atoms with Crippen molar-refractivity contribution in [3.63, 3.8) is 0 Å². The smallest absolute Gasteiger partial charge is 0.220 e. The van der Waals surface area contributed by atoms with E-state index >= 15 is 0 Å². The van der Waals surface area contributed by atoms with Crippen LogP contribution >= 0.6 is 23.4 Å². The molecule has 0 saturated heterocycles. The van der Waals surface area contributed by atoms with Crippen LogP contribution in [0.2, 0.25) is 5.02 Å². The number of hydrogen-bond donors (Lipinski definition) is 0. The second kappa shape index (κ2) is 11.2. The minimum atomic E-state index is -0.531. The molecule has 10 heteroatoms. The summed E-state index contributed by atoms with van der Waals surface area (Å²) in [6.07, 6.45) is 0. The first-order valence-electron chi connectivity index (χ1n) is 10.8. The Bertz CT molecular complexity index is 1300. The van der Waals surface area contributed by atoms with Gasteiger partial charge in [-0.1, -0.05) is 59.8 Å². The average Bonchev–Trinajstić information content (AvgIpc) is 3.23. The summed E-state index contributed by atoms with van der Waals surface area (Å²) in [4.78, 5) is 11.2. The van der Waals surface area contributed by atoms with Crippen LogP contribution in [0.4, 0.5) is 0 Å². The molecule has 3 aromatic carbocycles. The van der Waals surface area contributed by atoms with Gasteiger partial charge in [0.2, 0.25) is 6.54 Å². The Morgan fingerprint density at radius 3 is 2.49 bits per heavy atom. The van der Waals surface area contributed by atoms with Crippen molar-refractivity contribution in [3.05, 3.63) is 105 Å². The van der Waals surface area contributed by atoms with Gasteiger partial charge in [0, 0.05) is 15.6 Å². The van der Waals surface area contributed by atoms with Crippen LogP contribution in [0.15, 0.2) is 78.0 Å². The summed E-state index contributed by atoms with van der Waals surface area (Å²) in [7, 11) is 1.55. The number of rotatable bonds is 10. The molecule has 0 saturated carbocycles. The van der Waals surface area contributed by atoms with Crippen LogP contribution in [0.25, 0.3) is 5.69 Å². The Morgan fingerprint density at radius 2 is 1.80 bits per heavy atom. The van der Waals surface area contributed by atoms with E-state index in [-0.39, 0.29) is 11.5 Å². The molecule has 0 radical (unpaired) electrons. The SMILES string of the molecule is COc1cc([C@@H](C[N+](=O)[O-])Sc2nnc(C)n2-c2ccc(Cl)cc2)ccc1OCc1ccccc1. The maximum atomic E-state index is 11.5. The predicted octanol–water partition coefficient (Wildman–Crippen LogP) is 5.93. The number of ether oxygens (including phenoxy) is 2. The molecular formula is C25H23ClN4O4S. The lowest BCUT2D eigenvalue weighted by atomic mass is 10.1. The Morgan fingerprint density at radius 1 is 1.06 bits per heavy atom. The third-order valence-electron chi connectivity index (χ3n) is 5.24. The van der Waals surface area contributed by atoms with E-state index in [9.17, 15) is 10.1 Å². The molecular weight excluding hydrogens is 488 g/mol. The minimum Gasteiger partial charge on any atom is -0.493 e. The number of thioether (sulfide) groups is 1. The number of hydrogen-bond acceptors (Lipinski definition) is 7. The molecule has 8 nitrogen and oxygen atoms in total. The maximum absolute atomic E-state index is 11.5. The fourth-order valence-corrected chi connectivity index (χ4v) is 4.81. The van der Waals surface area contributed by atoms with Gasteiger partial charge in [-0.15, -0.1) is 10.2 Å². The summed E-state index contributed by atoms with van der Waals surface area (Å²) < 4.78 is 13.3. The first-order valence-corrected chi connectivity index (χ1v) is 12.0. The highest BCUT2D eigenvalue weighted by Gasteiger charge is 2.25. The standard InChI is InChI=1S/C25H23ClN4O4S/c1-17-27-28-25(30(17)21-11-9-20(26)10-12-21)35-24(15-29(31)32)19-8-13-22(23(14-19)33-2)34-16-18-6-4-3-5-7-18/h3-14,24H,15-16H2,1-2H3/t24-/m1/s1. The van der Waals surface area contributed by atoms with Crippen LogP contribution in [0.5, 0.6) is 11.5 Å². The third-order valence-corrected chi connectivity index (χ3v) is 6.67. The highest BCUT2D eigenvalue weighted by molar-refractivity contribution is 7.99. The first-order chi connectivity index (χ1) is 16.9. The van der Waals surface area contributed by atoms with E-state index in [1.54, 1.807) is 31.4 Å². The van der Waals surface area contributed by atoms with Crippen LogP contribution < -0.4 is 9.47 Å². The molecule has 4 rings (SSSR count). The van der Waals surface area contributed by atoms with Crippen molar-refractivity contribution in [1.82, 2.24) is 14.8 Å². The fraction of sp³-hybridized carbons (Fsp3) is 0.200. The van der Waals surface area contributed by atoms with Crippen molar-refractivity contribution in [2.75, 3.05) is 13.7 Å². The number of nitro groups is 1. The molecule has 180 valence electrons. The number of nitrogens with zero attached hydrogens (tertiary/aromatic N) is 4. The van der Waals surface area contributed by atoms with Crippen molar-refractivity contribution in [3.8, 4) is 17.2 Å². The van der Waals surface area contributed by atoms with Gasteiger partial charge in [-0.05, 0) is 54.4 Å². The Labute approximate surface area is 212 Å². The molecule has 0 N–H and O–H groups in total. The van der Waals surface area contributed by atoms with E-state index in [0.717, 1.165) is 16.8 Å². The van der Waals surface area contributed by atoms with Crippen LogP contribution in [0.1, 0.15) is 22.2 Å². The summed E-state index contributed by atoms with van der Waals surface area (Å²) in [5.74, 6) is 1.73. The first kappa shape index (κ1) is 24.6. The molecule has 35 heavy (non-hydrogen) atoms. The Balaban J connectivity index is 1.61. The summed E-state index contributed by atoms with van der Waals surface area (Å²) in [5.41, 5.74) is 2.57. The van der Waals surface area contributed by atoms with E-state index in [1.807, 2.05) is 60.0 Å². The monoisotopic (exact) mass is 510 g/mol. The molecule has 1 atom stereocenters. The fourth-order valence-electron chi connectivity index (χ4n) is 3.52. The molecule has 0 fully saturated rings. The van der Waals surface area contributed by atoms with Crippen molar-refractivity contribution in [2.24, 2.45) is 0 Å². The average molecular weight is 511 g/mol. The molecule has 4 aromatic rings. The van der Waals surface area contributed by atoms with Crippen LogP contribution in [-0.2, 0) is 6.61 Å². The maximum Gasteiger partial charge on any atom is 0.220 e. The number of aryl methyl sites for hydroxylation is 1. The lowest BCUT2D eigenvalue weighted by molar-refractivity contribution is -0.479. The van der Waals surface area contributed by atoms with E-state index in [2.05, 4.69) is 10.2 Å². The zero-order valence-electron chi connectivity index (χ0n) is 19.1. The molecule has 0 aliphatic heterocycles. The van der Waals surface area contributed by atoms with Gasteiger partial charge in [0.15, 0.2) is 16.7 Å². The second-order valence-electron chi connectivity index (χ2n) is 7.65. The quantitative estimate of drug-likeness (QED) is 0.148. The lowest BCUT2D eigenvalue weighted by Gasteiger charge is -2.17. The largest absolute Gasteiger partial charge is 0.493 e. The minimum absolute atomic E-state index is 0.301. The summed E-state index contributed by atoms with van der Waals surface area (Å²) >= 11 is 7.30. The molecule has 1 aromatic heterocycles. The number of methoxy groups -OCH3 is 1. The molecule has 0 amide bonds. The summed E-state index contributed by atoms with van der Waals surface area (Å²) in [6, 6.07) is 22.4. The van der Waals surface area contributed by atoms with Gasteiger partial charge < -0.3 is 9.47 Å². The molecule has 0 bridgehead atoms. The highest BCUT2D eigenvalue weighted by Crippen LogP contribution is 2.39. The number of aromatic nitrogens is 3. The Kier molecular flexibility index (Phi) is 7.89. The van der Waals surface area contributed by atoms with Crippen LogP contribution in [0, 0.1) is 17.0 Å². The van der Waals surface area contributed by atoms with Crippen molar-refractivity contribution < 1.29 is 14.4 Å². The van der Waals surface area contributed by atoms with Crippen molar-refractivity contribution >= 4 is 23.4 Å². The number of benzene rings is 3. The van der Waals surface area contributed by atoms with E-state index in [1.165, 1.54) is 11.8 Å². The van der Waals surface area contributed by atoms with Gasteiger partial charge in [0.25, 0.3) is 0 Å². The van der Waals surface area contributed by atoms with Gasteiger partial charge in [-0.25, -0.2) is 0 Å². The topological polar surface area (TPSA) is 92.3 Å². The van der Waals surface area contributed by atoms with Crippen molar-refractivity contribution in [1.29, 1.82) is 0 Å². The van der Waals surface area contributed by atoms with Crippen molar-refractivity contribution in [2.45, 2.75) is 23.9 Å². The second-order valence-corrected chi connectivity index (χ2v) is 9.25. The molecule has 1 heterocycles. The van der Waals surface area contributed by atoms with Gasteiger partial charge in [-0.2, -0.15) is 0 Å². The zero-order valence-corrected chi connectivity index (χ0v) is 20.7.